The van der Waals surface area contributed by atoms with Gasteiger partial charge in [-0.2, -0.15) is 0 Å². The van der Waals surface area contributed by atoms with E-state index in [1.54, 1.807) is 23.1 Å². The summed E-state index contributed by atoms with van der Waals surface area (Å²) in [5.41, 5.74) is 0.385. The Labute approximate surface area is 122 Å². The zero-order valence-electron chi connectivity index (χ0n) is 11.5. The lowest BCUT2D eigenvalue weighted by Gasteiger charge is -2.37. The molecule has 21 heavy (non-hydrogen) atoms. The van der Waals surface area contributed by atoms with Gasteiger partial charge in [0.05, 0.1) is 17.4 Å². The van der Waals surface area contributed by atoms with Crippen LogP contribution >= 0.6 is 0 Å². The van der Waals surface area contributed by atoms with Gasteiger partial charge in [0.1, 0.15) is 0 Å². The Hall–Kier alpha value is -2.08. The van der Waals surface area contributed by atoms with Gasteiger partial charge in [0.2, 0.25) is 0 Å². The summed E-state index contributed by atoms with van der Waals surface area (Å²) in [5.74, 6) is -1.07. The number of anilines is 1. The van der Waals surface area contributed by atoms with Crippen LogP contribution in [0.3, 0.4) is 0 Å². The van der Waals surface area contributed by atoms with Crippen LogP contribution in [0.25, 0.3) is 0 Å². The molecule has 6 nitrogen and oxygen atoms in total. The molecule has 2 heterocycles. The number of aliphatic hydroxyl groups is 1. The smallest absolute Gasteiger partial charge is 0.337 e. The normalized spacial score (nSPS) is 27.5. The summed E-state index contributed by atoms with van der Waals surface area (Å²) in [6.07, 6.45) is 2.67. The minimum absolute atomic E-state index is 0.0516. The summed E-state index contributed by atoms with van der Waals surface area (Å²) in [5, 5.41) is 21.6. The first-order valence-corrected chi connectivity index (χ1v) is 7.16. The number of carboxylic acid groups (broad SMARTS) is 1. The molecular weight excluding hydrogens is 272 g/mol. The Kier molecular flexibility index (Phi) is 3.55. The second kappa shape index (κ2) is 5.37. The summed E-state index contributed by atoms with van der Waals surface area (Å²) in [4.78, 5) is 25.4. The number of benzene rings is 1. The molecule has 2 fully saturated rings. The first kappa shape index (κ1) is 13.9. The number of aromatic carboxylic acids is 1. The molecule has 112 valence electrons. The van der Waals surface area contributed by atoms with Crippen LogP contribution in [-0.4, -0.2) is 45.3 Å². The van der Waals surface area contributed by atoms with Gasteiger partial charge in [-0.15, -0.1) is 0 Å². The Bertz CT molecular complexity index is 561. The lowest BCUT2D eigenvalue weighted by molar-refractivity contribution is 0.0580. The lowest BCUT2D eigenvalue weighted by Crippen LogP contribution is -2.49. The monoisotopic (exact) mass is 290 g/mol. The van der Waals surface area contributed by atoms with Gasteiger partial charge in [0.15, 0.2) is 0 Å². The maximum Gasteiger partial charge on any atom is 0.337 e. The van der Waals surface area contributed by atoms with Crippen molar-refractivity contribution in [3.63, 3.8) is 0 Å². The van der Waals surface area contributed by atoms with Crippen LogP contribution in [0, 0.1) is 0 Å². The van der Waals surface area contributed by atoms with E-state index in [0.717, 1.165) is 12.8 Å². The number of hydrogen-bond acceptors (Lipinski definition) is 3. The average molecular weight is 290 g/mol. The molecule has 1 aromatic rings. The summed E-state index contributed by atoms with van der Waals surface area (Å²) in [6, 6.07) is 6.19. The van der Waals surface area contributed by atoms with Gasteiger partial charge < -0.3 is 20.4 Å². The van der Waals surface area contributed by atoms with Crippen molar-refractivity contribution in [2.45, 2.75) is 43.9 Å². The number of fused-ring (bicyclic) bond motifs is 2. The predicted molar refractivity (Wildman–Crippen MR) is 76.3 cm³/mol. The van der Waals surface area contributed by atoms with Crippen molar-refractivity contribution in [2.75, 3.05) is 5.32 Å². The van der Waals surface area contributed by atoms with E-state index in [9.17, 15) is 14.7 Å². The summed E-state index contributed by atoms with van der Waals surface area (Å²) in [7, 11) is 0. The standard InChI is InChI=1S/C15H18N2O4/c18-11-7-9-5-6-10(8-11)17(9)15(21)16-13-4-2-1-3-12(13)14(19)20/h1-4,9-11,18H,5-8H2,(H,16,21)(H,19,20). The van der Waals surface area contributed by atoms with Crippen molar-refractivity contribution < 1.29 is 19.8 Å². The van der Waals surface area contributed by atoms with Crippen LogP contribution in [0.15, 0.2) is 24.3 Å². The Morgan fingerprint density at radius 1 is 1.14 bits per heavy atom. The van der Waals surface area contributed by atoms with Crippen molar-refractivity contribution >= 4 is 17.7 Å². The molecule has 2 bridgehead atoms. The minimum atomic E-state index is -1.07. The van der Waals surface area contributed by atoms with Crippen LogP contribution in [0.1, 0.15) is 36.0 Å². The molecule has 2 saturated heterocycles. The third-order valence-electron chi connectivity index (χ3n) is 4.34. The topological polar surface area (TPSA) is 89.9 Å². The quantitative estimate of drug-likeness (QED) is 0.776. The molecule has 2 aliphatic rings. The second-order valence-corrected chi connectivity index (χ2v) is 5.70. The summed E-state index contributed by atoms with van der Waals surface area (Å²) in [6.45, 7) is 0. The number of carbonyl (C=O) groups excluding carboxylic acids is 1. The molecule has 2 unspecified atom stereocenters. The van der Waals surface area contributed by atoms with Gasteiger partial charge in [-0.3, -0.25) is 0 Å². The molecule has 0 spiro atoms. The molecule has 1 aromatic carbocycles. The SMILES string of the molecule is O=C(O)c1ccccc1NC(=O)N1C2CCC1CC(O)C2. The second-order valence-electron chi connectivity index (χ2n) is 5.70. The Morgan fingerprint density at radius 3 is 2.38 bits per heavy atom. The van der Waals surface area contributed by atoms with Crippen molar-refractivity contribution in [2.24, 2.45) is 0 Å². The van der Waals surface area contributed by atoms with E-state index in [0.29, 0.717) is 18.5 Å². The van der Waals surface area contributed by atoms with E-state index in [2.05, 4.69) is 5.32 Å². The molecule has 0 aliphatic carbocycles. The molecule has 0 aromatic heterocycles. The van der Waals surface area contributed by atoms with E-state index in [4.69, 9.17) is 5.11 Å². The fraction of sp³-hybridized carbons (Fsp3) is 0.467. The van der Waals surface area contributed by atoms with Crippen molar-refractivity contribution in [3.8, 4) is 0 Å². The predicted octanol–water partition coefficient (Wildman–Crippen LogP) is 1.90. The van der Waals surface area contributed by atoms with Crippen LogP contribution < -0.4 is 5.32 Å². The molecule has 6 heteroatoms. The molecule has 3 N–H and O–H groups in total. The molecule has 2 amide bonds. The number of aliphatic hydroxyl groups excluding tert-OH is 1. The van der Waals surface area contributed by atoms with Crippen molar-refractivity contribution in [3.05, 3.63) is 29.8 Å². The van der Waals surface area contributed by atoms with E-state index >= 15 is 0 Å². The molecular formula is C15H18N2O4. The summed E-state index contributed by atoms with van der Waals surface area (Å²) < 4.78 is 0. The van der Waals surface area contributed by atoms with Gasteiger partial charge >= 0.3 is 12.0 Å². The largest absolute Gasteiger partial charge is 0.478 e. The van der Waals surface area contributed by atoms with E-state index in [-0.39, 0.29) is 29.8 Å². The third kappa shape index (κ3) is 2.58. The molecule has 0 radical (unpaired) electrons. The van der Waals surface area contributed by atoms with Gasteiger partial charge in [-0.25, -0.2) is 9.59 Å². The highest BCUT2D eigenvalue weighted by molar-refractivity contribution is 6.00. The minimum Gasteiger partial charge on any atom is -0.478 e. The number of para-hydroxylation sites is 1. The number of carbonyl (C=O) groups is 2. The third-order valence-corrected chi connectivity index (χ3v) is 4.34. The van der Waals surface area contributed by atoms with E-state index in [1.807, 2.05) is 0 Å². The van der Waals surface area contributed by atoms with Crippen molar-refractivity contribution in [1.82, 2.24) is 4.90 Å². The fourth-order valence-electron chi connectivity index (χ4n) is 3.44. The van der Waals surface area contributed by atoms with Gasteiger partial charge in [0, 0.05) is 12.1 Å². The Balaban J connectivity index is 1.77. The van der Waals surface area contributed by atoms with Crippen LogP contribution in [0.5, 0.6) is 0 Å². The fourth-order valence-corrected chi connectivity index (χ4v) is 3.44. The summed E-state index contributed by atoms with van der Waals surface area (Å²) >= 11 is 0. The van der Waals surface area contributed by atoms with Gasteiger partial charge in [-0.1, -0.05) is 12.1 Å². The molecule has 3 rings (SSSR count). The average Bonchev–Trinajstić information content (AvgIpc) is 2.71. The van der Waals surface area contributed by atoms with E-state index < -0.39 is 5.97 Å². The number of urea groups is 1. The number of amides is 2. The zero-order valence-corrected chi connectivity index (χ0v) is 11.5. The highest BCUT2D eigenvalue weighted by atomic mass is 16.4. The van der Waals surface area contributed by atoms with Crippen molar-refractivity contribution in [1.29, 1.82) is 0 Å². The van der Waals surface area contributed by atoms with Gasteiger partial charge in [0.25, 0.3) is 0 Å². The first-order valence-electron chi connectivity index (χ1n) is 7.16. The highest BCUT2D eigenvalue weighted by Crippen LogP contribution is 2.36. The van der Waals surface area contributed by atoms with Gasteiger partial charge in [-0.05, 0) is 37.8 Å². The zero-order chi connectivity index (χ0) is 15.0. The number of nitrogens with one attached hydrogen (secondary N) is 1. The molecule has 0 saturated carbocycles. The molecule has 2 aliphatic heterocycles. The maximum absolute atomic E-state index is 12.5. The highest BCUT2D eigenvalue weighted by Gasteiger charge is 2.42. The first-order chi connectivity index (χ1) is 10.1. The van der Waals surface area contributed by atoms with Crippen LogP contribution in [0.4, 0.5) is 10.5 Å². The number of piperidine rings is 1. The lowest BCUT2D eigenvalue weighted by atomic mass is 10.0. The number of rotatable bonds is 2. The van der Waals surface area contributed by atoms with Crippen LogP contribution in [0.2, 0.25) is 0 Å². The van der Waals surface area contributed by atoms with E-state index in [1.165, 1.54) is 6.07 Å². The number of hydrogen-bond donors (Lipinski definition) is 3. The van der Waals surface area contributed by atoms with Crippen LogP contribution in [-0.2, 0) is 0 Å². The molecule has 2 atom stereocenters. The number of carboxylic acids is 1. The number of nitrogens with zero attached hydrogens (tertiary/aromatic N) is 1. The Morgan fingerprint density at radius 2 is 1.76 bits per heavy atom. The maximum atomic E-state index is 12.5.